The molecule has 7 rings (SSSR count). The van der Waals surface area contributed by atoms with Crippen molar-refractivity contribution < 1.29 is 29.0 Å². The Kier molecular flexibility index (Phi) is 12.6. The minimum Gasteiger partial charge on any atom is -0.397 e. The Morgan fingerprint density at radius 2 is 1.48 bits per heavy atom. The van der Waals surface area contributed by atoms with Gasteiger partial charge in [0, 0.05) is 56.7 Å². The molecule has 3 amide bonds. The minimum absolute atomic E-state index is 0.0205. The van der Waals surface area contributed by atoms with E-state index in [1.54, 1.807) is 12.1 Å². The number of piperidine rings is 1. The molecule has 4 aromatic rings. The molecular weight excluding hydrogens is 709 g/mol. The first-order valence-corrected chi connectivity index (χ1v) is 19.6. The number of likely N-dealkylation sites (tertiary alicyclic amines) is 1. The van der Waals surface area contributed by atoms with Crippen molar-refractivity contribution in [1.82, 2.24) is 15.5 Å². The Bertz CT molecular complexity index is 1930. The lowest BCUT2D eigenvalue weighted by molar-refractivity contribution is -0.253. The van der Waals surface area contributed by atoms with E-state index in [0.29, 0.717) is 63.2 Å². The second-order valence-corrected chi connectivity index (χ2v) is 15.0. The highest BCUT2D eigenvalue weighted by Crippen LogP contribution is 2.40. The van der Waals surface area contributed by atoms with Crippen LogP contribution in [0.15, 0.2) is 103 Å². The van der Waals surface area contributed by atoms with E-state index in [0.717, 1.165) is 53.9 Å². The number of para-hydroxylation sites is 3. The summed E-state index contributed by atoms with van der Waals surface area (Å²) >= 11 is 0. The average Bonchev–Trinajstić information content (AvgIpc) is 3.55. The second-order valence-electron chi connectivity index (χ2n) is 15.0. The molecule has 0 aromatic heterocycles. The third-order valence-electron chi connectivity index (χ3n) is 11.2. The molecule has 3 heterocycles. The van der Waals surface area contributed by atoms with E-state index < -0.39 is 11.8 Å². The maximum atomic E-state index is 13.2. The molecule has 3 aliphatic rings. The summed E-state index contributed by atoms with van der Waals surface area (Å²) in [5.74, 6) is -0.0880. The fraction of sp³-hybridized carbons (Fsp3) is 0.386. The summed E-state index contributed by atoms with van der Waals surface area (Å²) in [7, 11) is 0. The van der Waals surface area contributed by atoms with Crippen LogP contribution in [0.3, 0.4) is 0 Å². The van der Waals surface area contributed by atoms with Crippen LogP contribution < -0.4 is 26.6 Å². The van der Waals surface area contributed by atoms with Gasteiger partial charge in [0.05, 0.1) is 36.9 Å². The van der Waals surface area contributed by atoms with E-state index in [1.807, 2.05) is 78.9 Å². The van der Waals surface area contributed by atoms with Crippen LogP contribution in [0.4, 0.5) is 17.1 Å². The number of nitrogens with two attached hydrogens (primary N) is 1. The molecule has 3 fully saturated rings. The highest BCUT2D eigenvalue weighted by molar-refractivity contribution is 5.94. The van der Waals surface area contributed by atoms with Gasteiger partial charge in [-0.15, -0.1) is 0 Å². The summed E-state index contributed by atoms with van der Waals surface area (Å²) in [4.78, 5) is 42.7. The lowest BCUT2D eigenvalue weighted by atomic mass is 9.85. The van der Waals surface area contributed by atoms with E-state index in [2.05, 4.69) is 37.9 Å². The SMILES string of the molecule is Nc1ccccc1NC(=O)CCCCC(=O)NCc1ccc(C2OC(CN3CCC4(CC3)C(=O)NCN4c3ccccc3)CC(c3ccc(CO)cc3)O2)cc1. The number of aliphatic hydroxyl groups is 1. The number of benzene rings is 4. The Morgan fingerprint density at radius 1 is 0.821 bits per heavy atom. The Morgan fingerprint density at radius 3 is 2.20 bits per heavy atom. The molecule has 12 heteroatoms. The lowest BCUT2D eigenvalue weighted by Crippen LogP contribution is -2.57. The third-order valence-corrected chi connectivity index (χ3v) is 11.2. The summed E-state index contributed by atoms with van der Waals surface area (Å²) in [6.07, 6.45) is 3.05. The molecule has 0 bridgehead atoms. The number of anilines is 3. The molecule has 294 valence electrons. The van der Waals surface area contributed by atoms with Crippen LogP contribution >= 0.6 is 0 Å². The molecule has 1 spiro atoms. The van der Waals surface area contributed by atoms with Crippen molar-refractivity contribution >= 4 is 34.8 Å². The number of carbonyl (C=O) groups is 3. The largest absolute Gasteiger partial charge is 0.397 e. The van der Waals surface area contributed by atoms with Crippen LogP contribution in [0, 0.1) is 0 Å². The molecule has 0 saturated carbocycles. The number of ether oxygens (including phenoxy) is 2. The van der Waals surface area contributed by atoms with Gasteiger partial charge >= 0.3 is 0 Å². The van der Waals surface area contributed by atoms with Crippen molar-refractivity contribution in [1.29, 1.82) is 0 Å². The molecule has 56 heavy (non-hydrogen) atoms. The maximum Gasteiger partial charge on any atom is 0.247 e. The predicted octanol–water partition coefficient (Wildman–Crippen LogP) is 5.55. The number of aliphatic hydroxyl groups excluding tert-OH is 1. The molecule has 3 unspecified atom stereocenters. The van der Waals surface area contributed by atoms with Gasteiger partial charge in [0.1, 0.15) is 5.54 Å². The summed E-state index contributed by atoms with van der Waals surface area (Å²) in [6.45, 7) is 3.15. The highest BCUT2D eigenvalue weighted by atomic mass is 16.7. The van der Waals surface area contributed by atoms with Crippen LogP contribution in [0.5, 0.6) is 0 Å². The number of unbranched alkanes of at least 4 members (excludes halogenated alkanes) is 1. The first-order valence-electron chi connectivity index (χ1n) is 19.6. The van der Waals surface area contributed by atoms with Crippen LogP contribution in [0.1, 0.15) is 79.6 Å². The van der Waals surface area contributed by atoms with Crippen LogP contribution in [0.2, 0.25) is 0 Å². The first kappa shape index (κ1) is 39.0. The van der Waals surface area contributed by atoms with E-state index in [-0.39, 0.29) is 36.5 Å². The summed E-state index contributed by atoms with van der Waals surface area (Å²) in [5, 5.41) is 18.5. The topological polar surface area (TPSA) is 158 Å². The van der Waals surface area contributed by atoms with Crippen LogP contribution in [-0.2, 0) is 37.0 Å². The fourth-order valence-electron chi connectivity index (χ4n) is 7.94. The minimum atomic E-state index is -0.597. The molecule has 3 saturated heterocycles. The molecule has 3 atom stereocenters. The van der Waals surface area contributed by atoms with Gasteiger partial charge in [-0.1, -0.05) is 78.9 Å². The van der Waals surface area contributed by atoms with Crippen molar-refractivity contribution in [2.75, 3.05) is 42.3 Å². The molecule has 6 N–H and O–H groups in total. The average molecular weight is 761 g/mol. The summed E-state index contributed by atoms with van der Waals surface area (Å²) in [5.41, 5.74) is 11.2. The van der Waals surface area contributed by atoms with E-state index in [9.17, 15) is 19.5 Å². The van der Waals surface area contributed by atoms with Gasteiger partial charge in [0.25, 0.3) is 0 Å². The van der Waals surface area contributed by atoms with E-state index in [1.165, 1.54) is 0 Å². The van der Waals surface area contributed by atoms with E-state index >= 15 is 0 Å². The standard InChI is InChI=1S/C44H52N6O6/c45-37-10-4-5-11-38(37)48-41(53)13-7-6-12-40(52)46-27-31-14-20-34(21-15-31)42-55-36(26-39(56-42)33-18-16-32(29-51)17-19-33)28-49-24-22-44(23-25-49)43(54)47-30-50(44)35-8-2-1-3-9-35/h1-5,8-11,14-21,36,39,42,51H,6-7,12-13,22-30,45H2,(H,46,52)(H,47,54)(H,48,53). The van der Waals surface area contributed by atoms with Crippen LogP contribution in [-0.4, -0.2) is 65.7 Å². The van der Waals surface area contributed by atoms with Crippen molar-refractivity contribution in [3.05, 3.63) is 125 Å². The number of nitrogens with one attached hydrogen (secondary N) is 3. The van der Waals surface area contributed by atoms with Crippen LogP contribution in [0.25, 0.3) is 0 Å². The normalized spacial score (nSPS) is 20.8. The smallest absolute Gasteiger partial charge is 0.247 e. The zero-order valence-corrected chi connectivity index (χ0v) is 31.7. The quantitative estimate of drug-likeness (QED) is 0.0821. The summed E-state index contributed by atoms with van der Waals surface area (Å²) < 4.78 is 13.2. The fourth-order valence-corrected chi connectivity index (χ4v) is 7.94. The number of hydrogen-bond acceptors (Lipinski definition) is 9. The third kappa shape index (κ3) is 9.39. The number of hydrogen-bond donors (Lipinski definition) is 5. The Labute approximate surface area is 328 Å². The van der Waals surface area contributed by atoms with Gasteiger partial charge in [-0.2, -0.15) is 0 Å². The molecule has 12 nitrogen and oxygen atoms in total. The van der Waals surface area contributed by atoms with Gasteiger partial charge in [0.2, 0.25) is 17.7 Å². The lowest BCUT2D eigenvalue weighted by Gasteiger charge is -2.45. The predicted molar refractivity (Wildman–Crippen MR) is 215 cm³/mol. The number of rotatable bonds is 14. The van der Waals surface area contributed by atoms with Gasteiger partial charge in [-0.25, -0.2) is 0 Å². The highest BCUT2D eigenvalue weighted by Gasteiger charge is 2.50. The number of amides is 3. The molecule has 0 radical (unpaired) electrons. The Balaban J connectivity index is 0.924. The molecular formula is C44H52N6O6. The Hall–Kier alpha value is -5.27. The molecule has 4 aromatic carbocycles. The molecule has 3 aliphatic heterocycles. The zero-order valence-electron chi connectivity index (χ0n) is 31.7. The monoisotopic (exact) mass is 760 g/mol. The van der Waals surface area contributed by atoms with Crippen molar-refractivity contribution in [2.24, 2.45) is 0 Å². The maximum absolute atomic E-state index is 13.2. The number of nitrogens with zero attached hydrogens (tertiary/aromatic N) is 2. The zero-order chi connectivity index (χ0) is 38.9. The number of carbonyl (C=O) groups excluding carboxylic acids is 3. The first-order chi connectivity index (χ1) is 27.3. The van der Waals surface area contributed by atoms with Gasteiger partial charge in [-0.05, 0) is 66.6 Å². The summed E-state index contributed by atoms with van der Waals surface area (Å²) in [6, 6.07) is 33.1. The number of nitrogen functional groups attached to an aromatic ring is 1. The van der Waals surface area contributed by atoms with Gasteiger partial charge < -0.3 is 46.1 Å². The van der Waals surface area contributed by atoms with Gasteiger partial charge in [-0.3, -0.25) is 14.4 Å². The van der Waals surface area contributed by atoms with Crippen molar-refractivity contribution in [3.63, 3.8) is 0 Å². The second kappa shape index (κ2) is 18.1. The van der Waals surface area contributed by atoms with E-state index in [4.69, 9.17) is 15.2 Å². The van der Waals surface area contributed by atoms with Crippen molar-refractivity contribution in [3.8, 4) is 0 Å². The van der Waals surface area contributed by atoms with Crippen molar-refractivity contribution in [2.45, 2.75) is 82.1 Å². The van der Waals surface area contributed by atoms with Gasteiger partial charge in [0.15, 0.2) is 6.29 Å². The molecule has 0 aliphatic carbocycles.